The molecule has 2 aromatic rings. The molecule has 0 saturated heterocycles. The monoisotopic (exact) mass is 288 g/mol. The Morgan fingerprint density at radius 1 is 1.19 bits per heavy atom. The lowest BCUT2D eigenvalue weighted by molar-refractivity contribution is 0.0757. The van der Waals surface area contributed by atoms with Crippen LogP contribution in [-0.2, 0) is 0 Å². The van der Waals surface area contributed by atoms with Crippen molar-refractivity contribution in [1.29, 1.82) is 0 Å². The van der Waals surface area contributed by atoms with Gasteiger partial charge in [-0.1, -0.05) is 13.8 Å². The first-order chi connectivity index (χ1) is 10.1. The number of hydrogen-bond acceptors (Lipinski definition) is 2. The van der Waals surface area contributed by atoms with Gasteiger partial charge in [0.05, 0.1) is 11.1 Å². The molecule has 3 nitrogen and oxygen atoms in total. The fraction of sp³-hybridized carbons (Fsp3) is 0.412. The van der Waals surface area contributed by atoms with Gasteiger partial charge in [-0.3, -0.25) is 9.78 Å². The van der Waals surface area contributed by atoms with Gasteiger partial charge in [-0.25, -0.2) is 4.39 Å². The quantitative estimate of drug-likeness (QED) is 0.834. The van der Waals surface area contributed by atoms with E-state index in [1.54, 1.807) is 12.1 Å². The smallest absolute Gasteiger partial charge is 0.254 e. The molecule has 0 N–H and O–H groups in total. The number of carbonyl (C=O) groups is 1. The van der Waals surface area contributed by atoms with Crippen molar-refractivity contribution in [1.82, 2.24) is 9.88 Å². The van der Waals surface area contributed by atoms with Gasteiger partial charge in [-0.15, -0.1) is 0 Å². The predicted octanol–water partition coefficient (Wildman–Crippen LogP) is 3.94. The number of aromatic nitrogens is 1. The predicted molar refractivity (Wildman–Crippen MR) is 82.9 cm³/mol. The van der Waals surface area contributed by atoms with E-state index in [9.17, 15) is 9.18 Å². The van der Waals surface area contributed by atoms with E-state index < -0.39 is 0 Å². The highest BCUT2D eigenvalue weighted by atomic mass is 19.1. The molecule has 0 unspecified atom stereocenters. The Kier molecular flexibility index (Phi) is 4.89. The highest BCUT2D eigenvalue weighted by Gasteiger charge is 2.18. The van der Waals surface area contributed by atoms with Gasteiger partial charge in [0, 0.05) is 24.2 Å². The van der Waals surface area contributed by atoms with Crippen LogP contribution in [0, 0.1) is 12.7 Å². The molecule has 112 valence electrons. The molecule has 0 spiro atoms. The maximum absolute atomic E-state index is 13.5. The summed E-state index contributed by atoms with van der Waals surface area (Å²) in [4.78, 5) is 19.0. The summed E-state index contributed by atoms with van der Waals surface area (Å²) in [5.74, 6) is -0.389. The molecular weight excluding hydrogens is 267 g/mol. The number of halogens is 1. The van der Waals surface area contributed by atoms with Crippen LogP contribution < -0.4 is 0 Å². The van der Waals surface area contributed by atoms with Crippen molar-refractivity contribution >= 4 is 16.8 Å². The number of nitrogens with zero attached hydrogens (tertiary/aromatic N) is 2. The Labute approximate surface area is 124 Å². The van der Waals surface area contributed by atoms with Crippen LogP contribution >= 0.6 is 0 Å². The fourth-order valence-corrected chi connectivity index (χ4v) is 2.53. The van der Waals surface area contributed by atoms with Crippen molar-refractivity contribution in [2.45, 2.75) is 33.6 Å². The van der Waals surface area contributed by atoms with Crippen LogP contribution in [0.3, 0.4) is 0 Å². The Morgan fingerprint density at radius 2 is 1.86 bits per heavy atom. The molecule has 0 radical (unpaired) electrons. The van der Waals surface area contributed by atoms with Gasteiger partial charge in [0.25, 0.3) is 5.91 Å². The van der Waals surface area contributed by atoms with E-state index >= 15 is 0 Å². The average Bonchev–Trinajstić information content (AvgIpc) is 2.46. The van der Waals surface area contributed by atoms with Crippen LogP contribution in [-0.4, -0.2) is 28.9 Å². The summed E-state index contributed by atoms with van der Waals surface area (Å²) >= 11 is 0. The summed E-state index contributed by atoms with van der Waals surface area (Å²) in [6, 6.07) is 6.14. The zero-order chi connectivity index (χ0) is 15.4. The molecule has 1 heterocycles. The summed E-state index contributed by atoms with van der Waals surface area (Å²) in [5, 5.41) is 0.586. The zero-order valence-corrected chi connectivity index (χ0v) is 12.8. The fourth-order valence-electron chi connectivity index (χ4n) is 2.53. The third-order valence-electron chi connectivity index (χ3n) is 3.40. The number of amides is 1. The maximum atomic E-state index is 13.5. The minimum Gasteiger partial charge on any atom is -0.339 e. The van der Waals surface area contributed by atoms with Crippen LogP contribution in [0.1, 0.15) is 42.7 Å². The lowest BCUT2D eigenvalue weighted by Crippen LogP contribution is -2.32. The number of rotatable bonds is 5. The number of fused-ring (bicyclic) bond motifs is 1. The van der Waals surface area contributed by atoms with Gasteiger partial charge in [0.1, 0.15) is 5.82 Å². The maximum Gasteiger partial charge on any atom is 0.254 e. The first-order valence-corrected chi connectivity index (χ1v) is 7.43. The summed E-state index contributed by atoms with van der Waals surface area (Å²) in [5.41, 5.74) is 1.97. The lowest BCUT2D eigenvalue weighted by Gasteiger charge is -2.22. The SMILES string of the molecule is CCCN(CCC)C(=O)c1cc(C)nc2ccc(F)cc12. The first kappa shape index (κ1) is 15.4. The summed E-state index contributed by atoms with van der Waals surface area (Å²) in [6.07, 6.45) is 1.81. The Morgan fingerprint density at radius 3 is 2.48 bits per heavy atom. The minimum absolute atomic E-state index is 0.0419. The van der Waals surface area contributed by atoms with E-state index in [4.69, 9.17) is 0 Å². The molecule has 0 atom stereocenters. The van der Waals surface area contributed by atoms with Gasteiger partial charge in [-0.05, 0) is 44.0 Å². The Balaban J connectivity index is 2.53. The minimum atomic E-state index is -0.347. The average molecular weight is 288 g/mol. The van der Waals surface area contributed by atoms with Crippen LogP contribution in [0.4, 0.5) is 4.39 Å². The van der Waals surface area contributed by atoms with Crippen LogP contribution in [0.2, 0.25) is 0 Å². The molecule has 0 aliphatic carbocycles. The summed E-state index contributed by atoms with van der Waals surface area (Å²) in [7, 11) is 0. The van der Waals surface area contributed by atoms with Gasteiger partial charge >= 0.3 is 0 Å². The molecule has 1 aromatic carbocycles. The third kappa shape index (κ3) is 3.38. The molecule has 0 fully saturated rings. The second-order valence-electron chi connectivity index (χ2n) is 5.26. The zero-order valence-electron chi connectivity index (χ0n) is 12.8. The van der Waals surface area contributed by atoms with Crippen molar-refractivity contribution in [3.05, 3.63) is 41.3 Å². The van der Waals surface area contributed by atoms with Crippen molar-refractivity contribution < 1.29 is 9.18 Å². The molecule has 0 bridgehead atoms. The van der Waals surface area contributed by atoms with Gasteiger partial charge in [-0.2, -0.15) is 0 Å². The number of pyridine rings is 1. The van der Waals surface area contributed by atoms with E-state index in [1.165, 1.54) is 12.1 Å². The molecular formula is C17H21FN2O. The summed E-state index contributed by atoms with van der Waals surface area (Å²) < 4.78 is 13.5. The second-order valence-corrected chi connectivity index (χ2v) is 5.26. The van der Waals surface area contributed by atoms with E-state index in [-0.39, 0.29) is 11.7 Å². The van der Waals surface area contributed by atoms with Crippen molar-refractivity contribution in [3.63, 3.8) is 0 Å². The lowest BCUT2D eigenvalue weighted by atomic mass is 10.1. The number of aryl methyl sites for hydroxylation is 1. The Bertz CT molecular complexity index is 649. The number of benzene rings is 1. The molecule has 0 saturated carbocycles. The second kappa shape index (κ2) is 6.66. The van der Waals surface area contributed by atoms with Crippen molar-refractivity contribution in [2.75, 3.05) is 13.1 Å². The molecule has 2 rings (SSSR count). The topological polar surface area (TPSA) is 33.2 Å². The van der Waals surface area contributed by atoms with Crippen LogP contribution in [0.15, 0.2) is 24.3 Å². The molecule has 21 heavy (non-hydrogen) atoms. The highest BCUT2D eigenvalue weighted by Crippen LogP contribution is 2.21. The van der Waals surface area contributed by atoms with Gasteiger partial charge < -0.3 is 4.90 Å². The van der Waals surface area contributed by atoms with E-state index in [2.05, 4.69) is 4.98 Å². The van der Waals surface area contributed by atoms with Crippen LogP contribution in [0.25, 0.3) is 10.9 Å². The first-order valence-electron chi connectivity index (χ1n) is 7.43. The van der Waals surface area contributed by atoms with Crippen LogP contribution in [0.5, 0.6) is 0 Å². The standard InChI is InChI=1S/C17H21FN2O/c1-4-8-20(9-5-2)17(21)15-10-12(3)19-16-7-6-13(18)11-14(15)16/h6-7,10-11H,4-5,8-9H2,1-3H3. The molecule has 0 aliphatic rings. The van der Waals surface area contributed by atoms with E-state index in [0.717, 1.165) is 18.5 Å². The molecule has 0 aliphatic heterocycles. The van der Waals surface area contributed by atoms with E-state index in [1.807, 2.05) is 25.7 Å². The number of carbonyl (C=O) groups excluding carboxylic acids is 1. The molecule has 1 aromatic heterocycles. The van der Waals surface area contributed by atoms with E-state index in [0.29, 0.717) is 29.6 Å². The highest BCUT2D eigenvalue weighted by molar-refractivity contribution is 6.06. The summed E-state index contributed by atoms with van der Waals surface area (Å²) in [6.45, 7) is 7.37. The molecule has 4 heteroatoms. The van der Waals surface area contributed by atoms with Gasteiger partial charge in [0.15, 0.2) is 0 Å². The Hall–Kier alpha value is -1.97. The van der Waals surface area contributed by atoms with Crippen molar-refractivity contribution in [3.8, 4) is 0 Å². The third-order valence-corrected chi connectivity index (χ3v) is 3.40. The normalized spacial score (nSPS) is 10.9. The largest absolute Gasteiger partial charge is 0.339 e. The molecule has 1 amide bonds. The van der Waals surface area contributed by atoms with Gasteiger partial charge in [0.2, 0.25) is 0 Å². The van der Waals surface area contributed by atoms with Crippen molar-refractivity contribution in [2.24, 2.45) is 0 Å². The number of hydrogen-bond donors (Lipinski definition) is 0.